The van der Waals surface area contributed by atoms with Crippen LogP contribution in [0, 0.1) is 0 Å². The Morgan fingerprint density at radius 1 is 1.47 bits per heavy atom. The quantitative estimate of drug-likeness (QED) is 0.919. The predicted molar refractivity (Wildman–Crippen MR) is 77.3 cm³/mol. The monoisotopic (exact) mass is 324 g/mol. The van der Waals surface area contributed by atoms with E-state index in [9.17, 15) is 5.11 Å². The molecule has 2 aromatic rings. The number of methoxy groups -OCH3 is 1. The third-order valence-corrected chi connectivity index (χ3v) is 3.62. The second kappa shape index (κ2) is 6.21. The average molecular weight is 325 g/mol. The van der Waals surface area contributed by atoms with Crippen molar-refractivity contribution in [3.8, 4) is 5.75 Å². The van der Waals surface area contributed by atoms with Gasteiger partial charge in [0.25, 0.3) is 0 Å². The molecule has 0 aliphatic rings. The Morgan fingerprint density at radius 2 is 2.26 bits per heavy atom. The third-order valence-electron chi connectivity index (χ3n) is 3.00. The number of aliphatic hydroxyl groups excluding tert-OH is 1. The minimum absolute atomic E-state index is 0.545. The van der Waals surface area contributed by atoms with E-state index in [1.165, 1.54) is 0 Å². The van der Waals surface area contributed by atoms with Crippen molar-refractivity contribution in [1.82, 2.24) is 9.78 Å². The first-order chi connectivity index (χ1) is 9.13. The van der Waals surface area contributed by atoms with Gasteiger partial charge in [0, 0.05) is 19.2 Å². The van der Waals surface area contributed by atoms with Crippen LogP contribution in [0.25, 0.3) is 0 Å². The molecule has 0 spiro atoms. The predicted octanol–water partition coefficient (Wildman–Crippen LogP) is 2.95. The molecule has 1 N–H and O–H groups in total. The van der Waals surface area contributed by atoms with Gasteiger partial charge in [-0.2, -0.15) is 5.10 Å². The van der Waals surface area contributed by atoms with Crippen LogP contribution in [0.2, 0.25) is 0 Å². The minimum atomic E-state index is -0.545. The molecular weight excluding hydrogens is 308 g/mol. The fourth-order valence-corrected chi connectivity index (χ4v) is 2.47. The van der Waals surface area contributed by atoms with Gasteiger partial charge in [-0.1, -0.05) is 6.07 Å². The minimum Gasteiger partial charge on any atom is -0.496 e. The first-order valence-corrected chi connectivity index (χ1v) is 6.96. The van der Waals surface area contributed by atoms with Crippen LogP contribution in [0.15, 0.2) is 35.1 Å². The van der Waals surface area contributed by atoms with Gasteiger partial charge in [-0.15, -0.1) is 0 Å². The summed E-state index contributed by atoms with van der Waals surface area (Å²) in [7, 11) is 1.62. The van der Waals surface area contributed by atoms with Crippen LogP contribution in [0.4, 0.5) is 0 Å². The molecule has 2 rings (SSSR count). The first-order valence-electron chi connectivity index (χ1n) is 6.17. The molecule has 0 saturated carbocycles. The molecule has 0 aliphatic carbocycles. The molecule has 0 saturated heterocycles. The number of aryl methyl sites for hydroxylation is 1. The van der Waals surface area contributed by atoms with Gasteiger partial charge >= 0.3 is 0 Å². The van der Waals surface area contributed by atoms with E-state index in [1.807, 2.05) is 36.0 Å². The van der Waals surface area contributed by atoms with Gasteiger partial charge in [-0.05, 0) is 46.1 Å². The Kier molecular flexibility index (Phi) is 4.61. The van der Waals surface area contributed by atoms with Crippen molar-refractivity contribution >= 4 is 15.9 Å². The van der Waals surface area contributed by atoms with E-state index in [4.69, 9.17) is 4.74 Å². The number of rotatable bonds is 5. The number of nitrogens with zero attached hydrogens (tertiary/aromatic N) is 2. The van der Waals surface area contributed by atoms with Crippen molar-refractivity contribution < 1.29 is 9.84 Å². The highest BCUT2D eigenvalue weighted by Gasteiger charge is 2.12. The summed E-state index contributed by atoms with van der Waals surface area (Å²) in [6, 6.07) is 5.60. The molecule has 0 aliphatic heterocycles. The largest absolute Gasteiger partial charge is 0.496 e. The van der Waals surface area contributed by atoms with Crippen molar-refractivity contribution in [2.75, 3.05) is 7.11 Å². The molecule has 4 nitrogen and oxygen atoms in total. The van der Waals surface area contributed by atoms with Gasteiger partial charge in [-0.25, -0.2) is 0 Å². The Morgan fingerprint density at radius 3 is 2.84 bits per heavy atom. The third kappa shape index (κ3) is 3.36. The van der Waals surface area contributed by atoms with E-state index in [2.05, 4.69) is 21.0 Å². The standard InChI is InChI=1S/C14H17BrN2O2/c1-3-17-9-10(8-16-17)6-13(18)11-4-5-14(19-2)12(15)7-11/h4-5,7-9,13,18H,3,6H2,1-2H3. The molecule has 0 amide bonds. The highest BCUT2D eigenvalue weighted by atomic mass is 79.9. The van der Waals surface area contributed by atoms with Gasteiger partial charge in [0.2, 0.25) is 0 Å². The second-order valence-electron chi connectivity index (χ2n) is 4.32. The molecule has 0 bridgehead atoms. The summed E-state index contributed by atoms with van der Waals surface area (Å²) < 4.78 is 7.87. The zero-order valence-corrected chi connectivity index (χ0v) is 12.6. The van der Waals surface area contributed by atoms with Crippen molar-refractivity contribution in [3.63, 3.8) is 0 Å². The summed E-state index contributed by atoms with van der Waals surface area (Å²) >= 11 is 3.42. The lowest BCUT2D eigenvalue weighted by Gasteiger charge is -2.12. The number of benzene rings is 1. The molecule has 0 fully saturated rings. The van der Waals surface area contributed by atoms with Crippen LogP contribution in [-0.2, 0) is 13.0 Å². The Bertz CT molecular complexity index is 554. The Labute approximate surface area is 121 Å². The number of aliphatic hydroxyl groups is 1. The van der Waals surface area contributed by atoms with Crippen molar-refractivity contribution in [1.29, 1.82) is 0 Å². The number of ether oxygens (including phenoxy) is 1. The van der Waals surface area contributed by atoms with Crippen molar-refractivity contribution in [2.24, 2.45) is 0 Å². The van der Waals surface area contributed by atoms with Crippen LogP contribution in [0.3, 0.4) is 0 Å². The van der Waals surface area contributed by atoms with Crippen LogP contribution in [-0.4, -0.2) is 22.0 Å². The topological polar surface area (TPSA) is 47.3 Å². The van der Waals surface area contributed by atoms with Gasteiger partial charge in [0.15, 0.2) is 0 Å². The van der Waals surface area contributed by atoms with Crippen molar-refractivity contribution in [3.05, 3.63) is 46.2 Å². The lowest BCUT2D eigenvalue weighted by atomic mass is 10.0. The highest BCUT2D eigenvalue weighted by Crippen LogP contribution is 2.29. The van der Waals surface area contributed by atoms with E-state index in [1.54, 1.807) is 13.3 Å². The van der Waals surface area contributed by atoms with E-state index in [-0.39, 0.29) is 0 Å². The fourth-order valence-electron chi connectivity index (χ4n) is 1.92. The summed E-state index contributed by atoms with van der Waals surface area (Å²) in [5, 5.41) is 14.4. The summed E-state index contributed by atoms with van der Waals surface area (Å²) in [6.07, 6.45) is 3.77. The van der Waals surface area contributed by atoms with Crippen LogP contribution >= 0.6 is 15.9 Å². The van der Waals surface area contributed by atoms with E-state index < -0.39 is 6.10 Å². The lowest BCUT2D eigenvalue weighted by Crippen LogP contribution is -2.01. The fraction of sp³-hybridized carbons (Fsp3) is 0.357. The molecule has 102 valence electrons. The van der Waals surface area contributed by atoms with Gasteiger partial charge in [0.05, 0.1) is 23.9 Å². The van der Waals surface area contributed by atoms with Crippen molar-refractivity contribution in [2.45, 2.75) is 26.0 Å². The maximum absolute atomic E-state index is 10.2. The molecule has 1 atom stereocenters. The smallest absolute Gasteiger partial charge is 0.133 e. The zero-order valence-electron chi connectivity index (χ0n) is 11.0. The normalized spacial score (nSPS) is 12.4. The summed E-state index contributed by atoms with van der Waals surface area (Å²) in [5.74, 6) is 0.759. The molecule has 1 heterocycles. The number of hydrogen-bond donors (Lipinski definition) is 1. The zero-order chi connectivity index (χ0) is 13.8. The summed E-state index contributed by atoms with van der Waals surface area (Å²) in [4.78, 5) is 0. The van der Waals surface area contributed by atoms with Crippen LogP contribution < -0.4 is 4.74 Å². The molecule has 1 unspecified atom stereocenters. The van der Waals surface area contributed by atoms with E-state index in [0.29, 0.717) is 6.42 Å². The molecular formula is C14H17BrN2O2. The maximum atomic E-state index is 10.2. The van der Waals surface area contributed by atoms with Crippen LogP contribution in [0.1, 0.15) is 24.2 Å². The number of halogens is 1. The number of hydrogen-bond acceptors (Lipinski definition) is 3. The molecule has 1 aromatic heterocycles. The highest BCUT2D eigenvalue weighted by molar-refractivity contribution is 9.10. The summed E-state index contributed by atoms with van der Waals surface area (Å²) in [6.45, 7) is 2.87. The average Bonchev–Trinajstić information content (AvgIpc) is 2.86. The van der Waals surface area contributed by atoms with Gasteiger partial charge in [0.1, 0.15) is 5.75 Å². The Balaban J connectivity index is 2.10. The Hall–Kier alpha value is -1.33. The van der Waals surface area contributed by atoms with E-state index in [0.717, 1.165) is 27.9 Å². The van der Waals surface area contributed by atoms with E-state index >= 15 is 0 Å². The summed E-state index contributed by atoms with van der Waals surface area (Å²) in [5.41, 5.74) is 1.89. The molecule has 19 heavy (non-hydrogen) atoms. The molecule has 5 heteroatoms. The maximum Gasteiger partial charge on any atom is 0.133 e. The SMILES string of the molecule is CCn1cc(CC(O)c2ccc(OC)c(Br)c2)cn1. The van der Waals surface area contributed by atoms with Gasteiger partial charge < -0.3 is 9.84 Å². The lowest BCUT2D eigenvalue weighted by molar-refractivity contribution is 0.178. The van der Waals surface area contributed by atoms with Gasteiger partial charge in [-0.3, -0.25) is 4.68 Å². The molecule has 1 aromatic carbocycles. The second-order valence-corrected chi connectivity index (χ2v) is 5.17. The first kappa shape index (κ1) is 14.1. The number of aromatic nitrogens is 2. The van der Waals surface area contributed by atoms with Crippen LogP contribution in [0.5, 0.6) is 5.75 Å². The molecule has 0 radical (unpaired) electrons.